The zero-order chi connectivity index (χ0) is 10.2. The van der Waals surface area contributed by atoms with Gasteiger partial charge in [-0.3, -0.25) is 0 Å². The molecule has 0 spiro atoms. The highest BCUT2D eigenvalue weighted by atomic mass is 32.2. The summed E-state index contributed by atoms with van der Waals surface area (Å²) >= 11 is 0. The summed E-state index contributed by atoms with van der Waals surface area (Å²) in [6.45, 7) is 4.35. The van der Waals surface area contributed by atoms with Gasteiger partial charge in [0.2, 0.25) is 0 Å². The van der Waals surface area contributed by atoms with Gasteiger partial charge in [0.05, 0.1) is 11.0 Å². The van der Waals surface area contributed by atoms with Crippen molar-refractivity contribution in [1.29, 1.82) is 0 Å². The number of nitrogens with zero attached hydrogens (tertiary/aromatic N) is 1. The van der Waals surface area contributed by atoms with Crippen LogP contribution in [0.15, 0.2) is 0 Å². The first-order valence-electron chi connectivity index (χ1n) is 5.98. The molecule has 1 atom stereocenters. The zero-order valence-corrected chi connectivity index (χ0v) is 10.2. The summed E-state index contributed by atoms with van der Waals surface area (Å²) < 4.78 is 13.5. The minimum Gasteiger partial charge on any atom is -0.243 e. The molecule has 14 heavy (non-hydrogen) atoms. The van der Waals surface area contributed by atoms with E-state index in [1.165, 1.54) is 38.5 Å². The van der Waals surface area contributed by atoms with E-state index in [1.54, 1.807) is 0 Å². The first kappa shape index (κ1) is 12.2. The lowest BCUT2D eigenvalue weighted by Gasteiger charge is -2.12. The highest BCUT2D eigenvalue weighted by Gasteiger charge is 2.18. The molecule has 3 heteroatoms. The van der Waals surface area contributed by atoms with Crippen LogP contribution < -0.4 is 0 Å². The maximum atomic E-state index is 11.4. The molecule has 0 aliphatic carbocycles. The maximum Gasteiger partial charge on any atom is 0.0943 e. The second kappa shape index (κ2) is 7.41. The van der Waals surface area contributed by atoms with Crippen molar-refractivity contribution in [3.8, 4) is 0 Å². The number of unbranched alkanes of at least 4 members (excludes halogenated alkanes) is 5. The molecular formula is C11H23NOS. The van der Waals surface area contributed by atoms with E-state index in [9.17, 15) is 4.21 Å². The minimum atomic E-state index is -0.636. The molecule has 0 amide bonds. The number of rotatable bonds is 7. The maximum absolute atomic E-state index is 11.4. The molecule has 1 unspecified atom stereocenters. The first-order valence-corrected chi connectivity index (χ1v) is 7.25. The van der Waals surface area contributed by atoms with Gasteiger partial charge in [0.25, 0.3) is 0 Å². The molecule has 0 radical (unpaired) electrons. The lowest BCUT2D eigenvalue weighted by atomic mass is 10.1. The molecule has 1 aliphatic heterocycles. The smallest absolute Gasteiger partial charge is 0.0943 e. The van der Waals surface area contributed by atoms with Crippen LogP contribution in [0, 0.1) is 0 Å². The summed E-state index contributed by atoms with van der Waals surface area (Å²) in [7, 11) is -0.636. The van der Waals surface area contributed by atoms with Crippen LogP contribution in [-0.4, -0.2) is 27.4 Å². The monoisotopic (exact) mass is 217 g/mol. The highest BCUT2D eigenvalue weighted by Crippen LogP contribution is 2.11. The molecule has 1 fully saturated rings. The van der Waals surface area contributed by atoms with Gasteiger partial charge in [0.15, 0.2) is 0 Å². The van der Waals surface area contributed by atoms with Gasteiger partial charge in [-0.05, 0) is 12.8 Å². The normalized spacial score (nSPS) is 23.1. The van der Waals surface area contributed by atoms with Crippen LogP contribution in [0.2, 0.25) is 0 Å². The summed E-state index contributed by atoms with van der Waals surface area (Å²) in [4.78, 5) is 0. The van der Waals surface area contributed by atoms with E-state index in [0.717, 1.165) is 25.3 Å². The Kier molecular flexibility index (Phi) is 6.45. The van der Waals surface area contributed by atoms with Crippen molar-refractivity contribution in [2.24, 2.45) is 0 Å². The summed E-state index contributed by atoms with van der Waals surface area (Å²) in [6, 6.07) is 0. The van der Waals surface area contributed by atoms with E-state index in [1.807, 2.05) is 0 Å². The Balaban J connectivity index is 1.90. The fraction of sp³-hybridized carbons (Fsp3) is 1.00. The fourth-order valence-corrected chi connectivity index (χ4v) is 3.18. The highest BCUT2D eigenvalue weighted by molar-refractivity contribution is 7.82. The van der Waals surface area contributed by atoms with Crippen molar-refractivity contribution >= 4 is 11.0 Å². The molecule has 1 aliphatic rings. The predicted molar refractivity (Wildman–Crippen MR) is 62.6 cm³/mol. The molecule has 1 saturated heterocycles. The molecular weight excluding hydrogens is 194 g/mol. The summed E-state index contributed by atoms with van der Waals surface area (Å²) in [5.41, 5.74) is 0. The SMILES string of the molecule is CCCCCCCCN1CCCS1=O. The second-order valence-corrected chi connectivity index (χ2v) is 5.64. The van der Waals surface area contributed by atoms with Crippen molar-refractivity contribution in [2.45, 2.75) is 51.9 Å². The quantitative estimate of drug-likeness (QED) is 0.600. The first-order chi connectivity index (χ1) is 6.84. The van der Waals surface area contributed by atoms with Gasteiger partial charge in [0, 0.05) is 18.8 Å². The van der Waals surface area contributed by atoms with E-state index in [0.29, 0.717) is 0 Å². The van der Waals surface area contributed by atoms with Crippen molar-refractivity contribution in [3.05, 3.63) is 0 Å². The van der Waals surface area contributed by atoms with Crippen LogP contribution in [0.3, 0.4) is 0 Å². The topological polar surface area (TPSA) is 20.3 Å². The third-order valence-corrected chi connectivity index (χ3v) is 4.35. The molecule has 0 N–H and O–H groups in total. The zero-order valence-electron chi connectivity index (χ0n) is 9.33. The number of hydrogen-bond acceptors (Lipinski definition) is 1. The van der Waals surface area contributed by atoms with Crippen molar-refractivity contribution in [2.75, 3.05) is 18.8 Å². The molecule has 84 valence electrons. The van der Waals surface area contributed by atoms with E-state index < -0.39 is 11.0 Å². The minimum absolute atomic E-state index is 0.636. The average Bonchev–Trinajstić information content (AvgIpc) is 2.58. The van der Waals surface area contributed by atoms with Gasteiger partial charge < -0.3 is 0 Å². The van der Waals surface area contributed by atoms with Gasteiger partial charge in [-0.2, -0.15) is 0 Å². The summed E-state index contributed by atoms with van der Waals surface area (Å²) in [6.07, 6.45) is 9.09. The third-order valence-electron chi connectivity index (χ3n) is 2.78. The van der Waals surface area contributed by atoms with Gasteiger partial charge in [-0.1, -0.05) is 39.0 Å². The van der Waals surface area contributed by atoms with Crippen LogP contribution in [0.5, 0.6) is 0 Å². The molecule has 0 saturated carbocycles. The molecule has 0 aromatic rings. The van der Waals surface area contributed by atoms with E-state index in [4.69, 9.17) is 0 Å². The Bertz CT molecular complexity index is 173. The van der Waals surface area contributed by atoms with E-state index in [-0.39, 0.29) is 0 Å². The van der Waals surface area contributed by atoms with Gasteiger partial charge in [0.1, 0.15) is 0 Å². The molecule has 0 aromatic heterocycles. The summed E-state index contributed by atoms with van der Waals surface area (Å²) in [5.74, 6) is 0.899. The van der Waals surface area contributed by atoms with Gasteiger partial charge >= 0.3 is 0 Å². The van der Waals surface area contributed by atoms with Crippen LogP contribution in [0.4, 0.5) is 0 Å². The van der Waals surface area contributed by atoms with Gasteiger partial charge in [-0.25, -0.2) is 8.51 Å². The molecule has 2 nitrogen and oxygen atoms in total. The van der Waals surface area contributed by atoms with Gasteiger partial charge in [-0.15, -0.1) is 0 Å². The van der Waals surface area contributed by atoms with Crippen LogP contribution >= 0.6 is 0 Å². The van der Waals surface area contributed by atoms with Crippen LogP contribution in [-0.2, 0) is 11.0 Å². The van der Waals surface area contributed by atoms with E-state index >= 15 is 0 Å². The Morgan fingerprint density at radius 2 is 1.86 bits per heavy atom. The fourth-order valence-electron chi connectivity index (χ4n) is 1.88. The lowest BCUT2D eigenvalue weighted by Crippen LogP contribution is -2.21. The van der Waals surface area contributed by atoms with Crippen LogP contribution in [0.1, 0.15) is 51.9 Å². The molecule has 0 aromatic carbocycles. The predicted octanol–water partition coefficient (Wildman–Crippen LogP) is 2.72. The van der Waals surface area contributed by atoms with Crippen molar-refractivity contribution in [3.63, 3.8) is 0 Å². The standard InChI is InChI=1S/C11H23NOS/c1-2-3-4-5-6-7-9-12-10-8-11-14(12)13/h2-11H2,1H3. The van der Waals surface area contributed by atoms with Crippen LogP contribution in [0.25, 0.3) is 0 Å². The third kappa shape index (κ3) is 4.56. The molecule has 1 rings (SSSR count). The number of hydrogen-bond donors (Lipinski definition) is 0. The molecule has 0 bridgehead atoms. The molecule has 1 heterocycles. The van der Waals surface area contributed by atoms with Crippen molar-refractivity contribution in [1.82, 2.24) is 4.31 Å². The Labute approximate surface area is 90.7 Å². The Morgan fingerprint density at radius 1 is 1.14 bits per heavy atom. The average molecular weight is 217 g/mol. The second-order valence-electron chi connectivity index (χ2n) is 4.08. The Morgan fingerprint density at radius 3 is 2.50 bits per heavy atom. The largest absolute Gasteiger partial charge is 0.243 e. The summed E-state index contributed by atoms with van der Waals surface area (Å²) in [5, 5.41) is 0. The Hall–Kier alpha value is 0.110. The lowest BCUT2D eigenvalue weighted by molar-refractivity contribution is 0.447. The van der Waals surface area contributed by atoms with Crippen molar-refractivity contribution < 1.29 is 4.21 Å². The van der Waals surface area contributed by atoms with E-state index in [2.05, 4.69) is 11.2 Å².